The summed E-state index contributed by atoms with van der Waals surface area (Å²) in [5.74, 6) is -3.22. The van der Waals surface area contributed by atoms with E-state index in [4.69, 9.17) is 9.57 Å². The van der Waals surface area contributed by atoms with Crippen LogP contribution in [0.25, 0.3) is 10.9 Å². The second kappa shape index (κ2) is 8.86. The molecule has 7 rings (SSSR count). The summed E-state index contributed by atoms with van der Waals surface area (Å²) < 4.78 is 36.9. The Kier molecular flexibility index (Phi) is 5.45. The SMILES string of the molecule is COc1c(N2CC3=C(CN4C(=O)c5ccccc5C4=O)NOC3C2)c(F)cc2c(=O)c(C(=O)O)cn(C3CC3F)c12. The van der Waals surface area contributed by atoms with Gasteiger partial charge in [0.2, 0.25) is 5.43 Å². The van der Waals surface area contributed by atoms with E-state index in [2.05, 4.69) is 5.48 Å². The van der Waals surface area contributed by atoms with Crippen molar-refractivity contribution < 1.29 is 37.8 Å². The average Bonchev–Trinajstić information content (AvgIpc) is 3.25. The van der Waals surface area contributed by atoms with Crippen LogP contribution in [0.1, 0.15) is 43.5 Å². The molecular weight excluding hydrogens is 542 g/mol. The Morgan fingerprint density at radius 2 is 1.88 bits per heavy atom. The third kappa shape index (κ3) is 3.65. The third-order valence-electron chi connectivity index (χ3n) is 8.03. The molecule has 11 nitrogen and oxygen atoms in total. The Bertz CT molecular complexity index is 1770. The number of hydrogen-bond donors (Lipinski definition) is 2. The molecule has 2 N–H and O–H groups in total. The van der Waals surface area contributed by atoms with Crippen LogP contribution >= 0.6 is 0 Å². The van der Waals surface area contributed by atoms with Crippen molar-refractivity contribution in [3.63, 3.8) is 0 Å². The van der Waals surface area contributed by atoms with E-state index in [9.17, 15) is 28.7 Å². The van der Waals surface area contributed by atoms with Crippen LogP contribution in [-0.4, -0.2) is 71.4 Å². The third-order valence-corrected chi connectivity index (χ3v) is 8.03. The van der Waals surface area contributed by atoms with Gasteiger partial charge in [0.05, 0.1) is 54.0 Å². The molecule has 3 aliphatic heterocycles. The van der Waals surface area contributed by atoms with Gasteiger partial charge in [-0.2, -0.15) is 0 Å². The minimum atomic E-state index is -1.50. The van der Waals surface area contributed by atoms with Crippen LogP contribution in [-0.2, 0) is 4.84 Å². The summed E-state index contributed by atoms with van der Waals surface area (Å²) in [5, 5.41) is 9.30. The number of carboxylic acid groups (broad SMARTS) is 1. The highest BCUT2D eigenvalue weighted by atomic mass is 19.1. The van der Waals surface area contributed by atoms with Crippen LogP contribution in [0.2, 0.25) is 0 Å². The molecule has 3 aromatic rings. The van der Waals surface area contributed by atoms with Crippen LogP contribution in [0.5, 0.6) is 5.75 Å². The second-order valence-corrected chi connectivity index (χ2v) is 10.4. The van der Waals surface area contributed by atoms with Gasteiger partial charge in [-0.15, -0.1) is 0 Å². The number of aromatic carboxylic acids is 1. The van der Waals surface area contributed by atoms with Crippen molar-refractivity contribution in [2.75, 3.05) is 31.6 Å². The Balaban J connectivity index is 1.28. The minimum Gasteiger partial charge on any atom is -0.492 e. The highest BCUT2D eigenvalue weighted by Crippen LogP contribution is 2.46. The number of methoxy groups -OCH3 is 1. The lowest BCUT2D eigenvalue weighted by molar-refractivity contribution is 0.0441. The first-order valence-corrected chi connectivity index (χ1v) is 12.9. The second-order valence-electron chi connectivity index (χ2n) is 10.4. The molecule has 3 unspecified atom stereocenters. The molecule has 0 spiro atoms. The van der Waals surface area contributed by atoms with Crippen molar-refractivity contribution in [1.29, 1.82) is 0 Å². The monoisotopic (exact) mass is 564 g/mol. The lowest BCUT2D eigenvalue weighted by Gasteiger charge is -2.25. The van der Waals surface area contributed by atoms with E-state index in [0.717, 1.165) is 17.2 Å². The number of amides is 2. The summed E-state index contributed by atoms with van der Waals surface area (Å²) in [7, 11) is 1.29. The maximum atomic E-state index is 15.8. The van der Waals surface area contributed by atoms with Crippen LogP contribution < -0.4 is 20.5 Å². The summed E-state index contributed by atoms with van der Waals surface area (Å²) in [6.45, 7) is 0.237. The number of nitrogens with zero attached hydrogens (tertiary/aromatic N) is 3. The zero-order valence-corrected chi connectivity index (χ0v) is 21.5. The minimum absolute atomic E-state index is 0.00198. The van der Waals surface area contributed by atoms with Crippen LogP contribution in [0, 0.1) is 5.82 Å². The molecule has 210 valence electrons. The first kappa shape index (κ1) is 25.2. The van der Waals surface area contributed by atoms with Crippen LogP contribution in [0.4, 0.5) is 14.5 Å². The molecule has 2 fully saturated rings. The number of anilines is 1. The van der Waals surface area contributed by atoms with Gasteiger partial charge in [0, 0.05) is 24.7 Å². The normalized spacial score (nSPS) is 22.9. The topological polar surface area (TPSA) is 130 Å². The van der Waals surface area contributed by atoms with Crippen molar-refractivity contribution >= 4 is 34.4 Å². The van der Waals surface area contributed by atoms with Gasteiger partial charge in [0.1, 0.15) is 23.5 Å². The van der Waals surface area contributed by atoms with Crippen molar-refractivity contribution in [1.82, 2.24) is 14.9 Å². The molecule has 2 amide bonds. The lowest BCUT2D eigenvalue weighted by Crippen LogP contribution is -2.35. The number of carboxylic acids is 1. The van der Waals surface area contributed by atoms with E-state index < -0.39 is 52.9 Å². The van der Waals surface area contributed by atoms with Gasteiger partial charge >= 0.3 is 5.97 Å². The molecule has 1 aliphatic carbocycles. The van der Waals surface area contributed by atoms with E-state index in [0.29, 0.717) is 22.4 Å². The van der Waals surface area contributed by atoms with E-state index in [1.807, 2.05) is 0 Å². The number of halogens is 2. The molecule has 1 aromatic heterocycles. The fourth-order valence-electron chi connectivity index (χ4n) is 5.92. The molecule has 3 atom stereocenters. The predicted octanol–water partition coefficient (Wildman–Crippen LogP) is 2.40. The quantitative estimate of drug-likeness (QED) is 0.434. The largest absolute Gasteiger partial charge is 0.492 e. The molecule has 41 heavy (non-hydrogen) atoms. The van der Waals surface area contributed by atoms with Gasteiger partial charge in [0.15, 0.2) is 11.6 Å². The van der Waals surface area contributed by atoms with Crippen LogP contribution in [0.15, 0.2) is 52.6 Å². The van der Waals surface area contributed by atoms with Crippen LogP contribution in [0.3, 0.4) is 0 Å². The Morgan fingerprint density at radius 1 is 1.20 bits per heavy atom. The maximum Gasteiger partial charge on any atom is 0.341 e. The first-order valence-electron chi connectivity index (χ1n) is 12.9. The molecular formula is C28H22F2N4O7. The molecule has 13 heteroatoms. The molecule has 0 bridgehead atoms. The summed E-state index contributed by atoms with van der Waals surface area (Å²) in [6.07, 6.45) is -0.585. The number of imide groups is 1. The highest BCUT2D eigenvalue weighted by molar-refractivity contribution is 6.21. The summed E-state index contributed by atoms with van der Waals surface area (Å²) in [4.78, 5) is 58.9. The Hall–Kier alpha value is -4.78. The number of alkyl halides is 1. The number of nitrogens with one attached hydrogen (secondary N) is 1. The van der Waals surface area contributed by atoms with E-state index >= 15 is 4.39 Å². The highest BCUT2D eigenvalue weighted by Gasteiger charge is 2.44. The molecule has 2 aromatic carbocycles. The number of fused-ring (bicyclic) bond motifs is 3. The number of ether oxygens (including phenoxy) is 1. The number of aromatic nitrogens is 1. The number of pyridine rings is 1. The summed E-state index contributed by atoms with van der Waals surface area (Å²) in [5.41, 5.74) is 3.23. The van der Waals surface area contributed by atoms with E-state index in [-0.39, 0.29) is 48.4 Å². The smallest absolute Gasteiger partial charge is 0.341 e. The average molecular weight is 565 g/mol. The molecule has 4 heterocycles. The van der Waals surface area contributed by atoms with Crippen molar-refractivity contribution in [3.8, 4) is 5.75 Å². The van der Waals surface area contributed by atoms with Gasteiger partial charge in [-0.3, -0.25) is 29.6 Å². The predicted molar refractivity (Wildman–Crippen MR) is 139 cm³/mol. The Labute approximate surface area is 230 Å². The van der Waals surface area contributed by atoms with Gasteiger partial charge in [-0.1, -0.05) is 12.1 Å². The number of hydroxylamine groups is 1. The summed E-state index contributed by atoms with van der Waals surface area (Å²) in [6, 6.07) is 6.78. The number of benzene rings is 2. The zero-order chi connectivity index (χ0) is 28.7. The fraction of sp³-hybridized carbons (Fsp3) is 0.286. The fourth-order valence-corrected chi connectivity index (χ4v) is 5.92. The number of rotatable bonds is 6. The number of carbonyl (C=O) groups excluding carboxylic acids is 2. The standard InChI is InChI=1S/C28H22F2N4O7/c1-40-25-22-14(24(35)16(28(38)39)9-33(22)20-7-17(20)29)6-18(30)23(25)32-8-15-19(31-41-21(15)11-32)10-34-26(36)12-4-2-3-5-13(12)27(34)37/h2-6,9,17,20-21,31H,7-8,10-11H2,1H3,(H,38,39). The molecule has 0 radical (unpaired) electrons. The van der Waals surface area contributed by atoms with Crippen molar-refractivity contribution in [2.45, 2.75) is 24.7 Å². The van der Waals surface area contributed by atoms with Gasteiger partial charge in [-0.05, 0) is 18.2 Å². The molecule has 4 aliphatic rings. The van der Waals surface area contributed by atoms with Gasteiger partial charge < -0.3 is 19.3 Å². The van der Waals surface area contributed by atoms with Gasteiger partial charge in [-0.25, -0.2) is 13.6 Å². The lowest BCUT2D eigenvalue weighted by atomic mass is 10.1. The summed E-state index contributed by atoms with van der Waals surface area (Å²) >= 11 is 0. The first-order chi connectivity index (χ1) is 19.7. The van der Waals surface area contributed by atoms with Gasteiger partial charge in [0.25, 0.3) is 11.8 Å². The maximum absolute atomic E-state index is 15.8. The molecule has 1 saturated heterocycles. The van der Waals surface area contributed by atoms with E-state index in [1.165, 1.54) is 11.7 Å². The number of carbonyl (C=O) groups is 3. The van der Waals surface area contributed by atoms with E-state index in [1.54, 1.807) is 29.2 Å². The Morgan fingerprint density at radius 3 is 2.49 bits per heavy atom. The number of hydrogen-bond acceptors (Lipinski definition) is 8. The van der Waals surface area contributed by atoms with Crippen molar-refractivity contribution in [3.05, 3.63) is 80.5 Å². The van der Waals surface area contributed by atoms with Crippen molar-refractivity contribution in [2.24, 2.45) is 0 Å². The molecule has 1 saturated carbocycles. The zero-order valence-electron chi connectivity index (χ0n) is 21.5.